The molecule has 158 valence electrons. The first-order chi connectivity index (χ1) is 15.7. The molecular weight excluding hydrogens is 400 g/mol. The second-order valence-corrected chi connectivity index (χ2v) is 8.20. The molecule has 4 heterocycles. The molecule has 0 aliphatic carbocycles. The molecule has 7 heteroatoms. The normalized spacial score (nSPS) is 13.1. The van der Waals surface area contributed by atoms with Crippen molar-refractivity contribution in [3.63, 3.8) is 0 Å². The number of nitrogens with zero attached hydrogens (tertiary/aromatic N) is 6. The Labute approximate surface area is 185 Å². The van der Waals surface area contributed by atoms with Crippen molar-refractivity contribution < 1.29 is 4.79 Å². The van der Waals surface area contributed by atoms with Crippen LogP contribution in [0.2, 0.25) is 0 Å². The molecule has 1 aliphatic rings. The van der Waals surface area contributed by atoms with Crippen molar-refractivity contribution in [1.82, 2.24) is 28.8 Å². The molecule has 0 bridgehead atoms. The second-order valence-electron chi connectivity index (χ2n) is 8.20. The van der Waals surface area contributed by atoms with E-state index in [1.165, 1.54) is 5.56 Å². The highest BCUT2D eigenvalue weighted by molar-refractivity contribution is 5.81. The molecule has 5 aromatic rings. The van der Waals surface area contributed by atoms with E-state index in [1.54, 1.807) is 6.33 Å². The zero-order valence-corrected chi connectivity index (χ0v) is 17.7. The Morgan fingerprint density at radius 1 is 0.969 bits per heavy atom. The number of benzene rings is 2. The van der Waals surface area contributed by atoms with Gasteiger partial charge in [-0.05, 0) is 43.3 Å². The number of hydrogen-bond donors (Lipinski definition) is 0. The summed E-state index contributed by atoms with van der Waals surface area (Å²) in [6.07, 6.45) is 5.77. The molecule has 0 saturated heterocycles. The molecule has 7 nitrogen and oxygen atoms in total. The van der Waals surface area contributed by atoms with Crippen molar-refractivity contribution in [2.24, 2.45) is 0 Å². The van der Waals surface area contributed by atoms with Gasteiger partial charge in [0.1, 0.15) is 12.4 Å². The van der Waals surface area contributed by atoms with E-state index in [-0.39, 0.29) is 12.5 Å². The minimum absolute atomic E-state index is 0.0616. The molecule has 0 fully saturated rings. The summed E-state index contributed by atoms with van der Waals surface area (Å²) in [5, 5.41) is 4.91. The van der Waals surface area contributed by atoms with Gasteiger partial charge in [-0.3, -0.25) is 4.79 Å². The predicted octanol–water partition coefficient (Wildman–Crippen LogP) is 3.86. The van der Waals surface area contributed by atoms with Crippen LogP contribution in [0.15, 0.2) is 79.4 Å². The first-order valence-electron chi connectivity index (χ1n) is 10.7. The van der Waals surface area contributed by atoms with E-state index in [9.17, 15) is 4.79 Å². The molecule has 0 radical (unpaired) electrons. The third kappa shape index (κ3) is 3.01. The van der Waals surface area contributed by atoms with Crippen LogP contribution in [0, 0.1) is 6.92 Å². The number of aryl methyl sites for hydroxylation is 1. The SMILES string of the molecule is Cc1ccc(-n2nc3c(c2-n2cccc2)CN(C(=O)Cn2cnc4ccccc42)C3)cc1. The third-order valence-electron chi connectivity index (χ3n) is 6.04. The van der Waals surface area contributed by atoms with E-state index < -0.39 is 0 Å². The van der Waals surface area contributed by atoms with Crippen LogP contribution in [-0.4, -0.2) is 34.7 Å². The summed E-state index contributed by atoms with van der Waals surface area (Å²) in [5.74, 6) is 1.05. The highest BCUT2D eigenvalue weighted by Gasteiger charge is 2.31. The van der Waals surface area contributed by atoms with Crippen molar-refractivity contribution in [3.8, 4) is 11.5 Å². The summed E-state index contributed by atoms with van der Waals surface area (Å²) in [6, 6.07) is 20.2. The summed E-state index contributed by atoms with van der Waals surface area (Å²) in [7, 11) is 0. The number of amides is 1. The second kappa shape index (κ2) is 7.23. The zero-order valence-electron chi connectivity index (χ0n) is 17.7. The Balaban J connectivity index is 1.32. The summed E-state index contributed by atoms with van der Waals surface area (Å²) < 4.78 is 5.96. The standard InChI is InChI=1S/C25H22N6O/c1-18-8-10-19(11-9-18)31-25(28-12-4-5-13-28)20-14-29(15-22(20)27-31)24(32)16-30-17-26-21-6-2-3-7-23(21)30/h2-13,17H,14-16H2,1H3. The van der Waals surface area contributed by atoms with Crippen LogP contribution in [0.25, 0.3) is 22.5 Å². The average molecular weight is 422 g/mol. The van der Waals surface area contributed by atoms with Gasteiger partial charge in [-0.25, -0.2) is 9.67 Å². The molecular formula is C25H22N6O. The van der Waals surface area contributed by atoms with Crippen LogP contribution in [0.5, 0.6) is 0 Å². The number of hydrogen-bond acceptors (Lipinski definition) is 3. The van der Waals surface area contributed by atoms with Crippen LogP contribution in [0.3, 0.4) is 0 Å². The minimum Gasteiger partial charge on any atom is -0.331 e. The Hall–Kier alpha value is -4.13. The number of fused-ring (bicyclic) bond motifs is 2. The number of carbonyl (C=O) groups is 1. The van der Waals surface area contributed by atoms with E-state index in [0.717, 1.165) is 33.8 Å². The molecule has 32 heavy (non-hydrogen) atoms. The van der Waals surface area contributed by atoms with E-state index in [2.05, 4.69) is 40.7 Å². The maximum absolute atomic E-state index is 13.1. The van der Waals surface area contributed by atoms with Crippen LogP contribution >= 0.6 is 0 Å². The first-order valence-corrected chi connectivity index (χ1v) is 10.7. The molecule has 1 amide bonds. The molecule has 3 aromatic heterocycles. The lowest BCUT2D eigenvalue weighted by atomic mass is 10.2. The highest BCUT2D eigenvalue weighted by Crippen LogP contribution is 2.31. The van der Waals surface area contributed by atoms with Crippen LogP contribution in [-0.2, 0) is 24.4 Å². The fourth-order valence-electron chi connectivity index (χ4n) is 4.37. The zero-order chi connectivity index (χ0) is 21.7. The lowest BCUT2D eigenvalue weighted by molar-refractivity contribution is -0.132. The van der Waals surface area contributed by atoms with Crippen molar-refractivity contribution in [1.29, 1.82) is 0 Å². The molecule has 6 rings (SSSR count). The summed E-state index contributed by atoms with van der Waals surface area (Å²) in [4.78, 5) is 19.4. The van der Waals surface area contributed by atoms with Gasteiger partial charge in [0.05, 0.1) is 41.8 Å². The molecule has 0 saturated carbocycles. The summed E-state index contributed by atoms with van der Waals surface area (Å²) >= 11 is 0. The van der Waals surface area contributed by atoms with Crippen molar-refractivity contribution >= 4 is 16.9 Å². The van der Waals surface area contributed by atoms with Gasteiger partial charge < -0.3 is 14.0 Å². The Bertz CT molecular complexity index is 1430. The first kappa shape index (κ1) is 18.6. The lowest BCUT2D eigenvalue weighted by Crippen LogP contribution is -2.29. The van der Waals surface area contributed by atoms with Gasteiger partial charge in [-0.15, -0.1) is 0 Å². The van der Waals surface area contributed by atoms with Crippen LogP contribution in [0.1, 0.15) is 16.8 Å². The minimum atomic E-state index is 0.0616. The maximum Gasteiger partial charge on any atom is 0.243 e. The quantitative estimate of drug-likeness (QED) is 0.442. The topological polar surface area (TPSA) is 60.9 Å². The van der Waals surface area contributed by atoms with Gasteiger partial charge in [-0.1, -0.05) is 29.8 Å². The maximum atomic E-state index is 13.1. The van der Waals surface area contributed by atoms with E-state index in [1.807, 2.05) is 62.9 Å². The van der Waals surface area contributed by atoms with Gasteiger partial charge in [0.15, 0.2) is 0 Å². The smallest absolute Gasteiger partial charge is 0.243 e. The van der Waals surface area contributed by atoms with E-state index >= 15 is 0 Å². The molecule has 0 unspecified atom stereocenters. The molecule has 2 aromatic carbocycles. The average Bonchev–Trinajstić information content (AvgIpc) is 3.58. The van der Waals surface area contributed by atoms with Gasteiger partial charge in [0.2, 0.25) is 5.91 Å². The Kier molecular flexibility index (Phi) is 4.21. The van der Waals surface area contributed by atoms with Crippen molar-refractivity contribution in [2.45, 2.75) is 26.6 Å². The fourth-order valence-corrected chi connectivity index (χ4v) is 4.37. The highest BCUT2D eigenvalue weighted by atomic mass is 16.2. The third-order valence-corrected chi connectivity index (χ3v) is 6.04. The Morgan fingerprint density at radius 2 is 1.75 bits per heavy atom. The van der Waals surface area contributed by atoms with E-state index in [0.29, 0.717) is 13.1 Å². The van der Waals surface area contributed by atoms with Gasteiger partial charge >= 0.3 is 0 Å². The molecule has 0 N–H and O–H groups in total. The van der Waals surface area contributed by atoms with Crippen LogP contribution < -0.4 is 0 Å². The largest absolute Gasteiger partial charge is 0.331 e. The van der Waals surface area contributed by atoms with Gasteiger partial charge in [0, 0.05) is 18.0 Å². The predicted molar refractivity (Wildman–Crippen MR) is 122 cm³/mol. The summed E-state index contributed by atoms with van der Waals surface area (Å²) in [5.41, 5.74) is 6.12. The number of rotatable bonds is 4. The van der Waals surface area contributed by atoms with Crippen LogP contribution in [0.4, 0.5) is 0 Å². The molecule has 0 atom stereocenters. The van der Waals surface area contributed by atoms with Crippen molar-refractivity contribution in [2.75, 3.05) is 0 Å². The number of carbonyl (C=O) groups excluding carboxylic acids is 1. The molecule has 0 spiro atoms. The number of aromatic nitrogens is 5. The van der Waals surface area contributed by atoms with Gasteiger partial charge in [-0.2, -0.15) is 5.10 Å². The van der Waals surface area contributed by atoms with Gasteiger partial charge in [0.25, 0.3) is 0 Å². The fraction of sp³-hybridized carbons (Fsp3) is 0.160. The monoisotopic (exact) mass is 422 g/mol. The summed E-state index contributed by atoms with van der Waals surface area (Å²) in [6.45, 7) is 3.39. The van der Waals surface area contributed by atoms with E-state index in [4.69, 9.17) is 5.10 Å². The lowest BCUT2D eigenvalue weighted by Gasteiger charge is -2.18. The van der Waals surface area contributed by atoms with Crippen molar-refractivity contribution in [3.05, 3.63) is 96.2 Å². The Morgan fingerprint density at radius 3 is 2.56 bits per heavy atom. The molecule has 1 aliphatic heterocycles. The number of para-hydroxylation sites is 2. The number of imidazole rings is 1.